The lowest BCUT2D eigenvalue weighted by molar-refractivity contribution is -0.128. The van der Waals surface area contributed by atoms with Crippen molar-refractivity contribution < 1.29 is 22.3 Å². The van der Waals surface area contributed by atoms with Gasteiger partial charge in [0.2, 0.25) is 5.91 Å². The van der Waals surface area contributed by atoms with E-state index < -0.39 is 21.7 Å². The summed E-state index contributed by atoms with van der Waals surface area (Å²) in [4.78, 5) is 12.4. The van der Waals surface area contributed by atoms with Gasteiger partial charge in [-0.05, 0) is 50.5 Å². The summed E-state index contributed by atoms with van der Waals surface area (Å²) in [5.74, 6) is -0.978. The van der Waals surface area contributed by atoms with Crippen LogP contribution in [0.15, 0.2) is 29.2 Å². The summed E-state index contributed by atoms with van der Waals surface area (Å²) in [7, 11) is -2.71. The average Bonchev–Trinajstić information content (AvgIpc) is 3.00. The van der Waals surface area contributed by atoms with Crippen LogP contribution in [0.25, 0.3) is 0 Å². The van der Waals surface area contributed by atoms with Gasteiger partial charge in [0.1, 0.15) is 5.82 Å². The third kappa shape index (κ3) is 2.87. The number of sulfonamides is 1. The van der Waals surface area contributed by atoms with E-state index >= 15 is 0 Å². The molecule has 2 atom stereocenters. The number of hydrogen-bond donors (Lipinski definition) is 0. The smallest absolute Gasteiger partial charge is 0.266 e. The first-order valence-electron chi connectivity index (χ1n) is 7.57. The topological polar surface area (TPSA) is 63.7 Å². The van der Waals surface area contributed by atoms with Gasteiger partial charge in [-0.25, -0.2) is 17.1 Å². The molecule has 0 N–H and O–H groups in total. The van der Waals surface area contributed by atoms with E-state index in [1.54, 1.807) is 0 Å². The van der Waals surface area contributed by atoms with Crippen molar-refractivity contribution in [1.29, 1.82) is 0 Å². The second kappa shape index (κ2) is 5.27. The molecule has 0 aromatic heterocycles. The molecule has 2 fully saturated rings. The van der Waals surface area contributed by atoms with Crippen LogP contribution in [0.1, 0.15) is 32.6 Å². The van der Waals surface area contributed by atoms with Crippen LogP contribution in [-0.4, -0.2) is 37.9 Å². The van der Waals surface area contributed by atoms with Crippen LogP contribution in [0, 0.1) is 11.2 Å². The average molecular weight is 341 g/mol. The number of halogens is 1. The van der Waals surface area contributed by atoms with Gasteiger partial charge in [0.25, 0.3) is 10.0 Å². The minimum absolute atomic E-state index is 0.0915. The summed E-state index contributed by atoms with van der Waals surface area (Å²) < 4.78 is 44.4. The fourth-order valence-electron chi connectivity index (χ4n) is 3.61. The Morgan fingerprint density at radius 2 is 1.96 bits per heavy atom. The van der Waals surface area contributed by atoms with Crippen LogP contribution < -0.4 is 0 Å². The number of hydrogen-bond acceptors (Lipinski definition) is 4. The van der Waals surface area contributed by atoms with Crippen molar-refractivity contribution in [2.75, 3.05) is 13.7 Å². The molecule has 0 radical (unpaired) electrons. The van der Waals surface area contributed by atoms with E-state index in [1.165, 1.54) is 7.05 Å². The molecule has 1 amide bonds. The van der Waals surface area contributed by atoms with Gasteiger partial charge in [-0.15, -0.1) is 0 Å². The van der Waals surface area contributed by atoms with Gasteiger partial charge < -0.3 is 4.74 Å². The van der Waals surface area contributed by atoms with E-state index in [2.05, 4.69) is 0 Å². The zero-order valence-electron chi connectivity index (χ0n) is 13.2. The standard InChI is InChI=1S/C16H20FNO4S/c1-15-7-8-16(10-15,11-22-15)9-14(19)18(2)23(20,21)13-5-3-12(17)4-6-13/h3-6H,7-11H2,1-2H3. The molecule has 5 nitrogen and oxygen atoms in total. The molecule has 23 heavy (non-hydrogen) atoms. The molecular formula is C16H20FNO4S. The summed E-state index contributed by atoms with van der Waals surface area (Å²) in [6, 6.07) is 4.46. The maximum atomic E-state index is 13.0. The van der Waals surface area contributed by atoms with Crippen LogP contribution in [0.2, 0.25) is 0 Å². The fourth-order valence-corrected chi connectivity index (χ4v) is 4.73. The number of carbonyl (C=O) groups is 1. The van der Waals surface area contributed by atoms with Crippen molar-refractivity contribution in [3.05, 3.63) is 30.1 Å². The number of benzene rings is 1. The largest absolute Gasteiger partial charge is 0.375 e. The van der Waals surface area contributed by atoms with Gasteiger partial charge in [0.05, 0.1) is 17.1 Å². The van der Waals surface area contributed by atoms with Crippen molar-refractivity contribution >= 4 is 15.9 Å². The highest BCUT2D eigenvalue weighted by Crippen LogP contribution is 2.54. The number of carbonyl (C=O) groups excluding carboxylic acids is 1. The van der Waals surface area contributed by atoms with Gasteiger partial charge in [-0.3, -0.25) is 4.79 Å². The molecule has 1 aromatic rings. The van der Waals surface area contributed by atoms with Gasteiger partial charge in [-0.1, -0.05) is 0 Å². The first-order valence-corrected chi connectivity index (χ1v) is 9.01. The number of fused-ring (bicyclic) bond motifs is 2. The summed E-state index contributed by atoms with van der Waals surface area (Å²) in [5, 5.41) is 0. The van der Waals surface area contributed by atoms with Crippen molar-refractivity contribution in [2.24, 2.45) is 5.41 Å². The Labute approximate surface area is 135 Å². The van der Waals surface area contributed by atoms with Crippen LogP contribution in [-0.2, 0) is 19.6 Å². The normalized spacial score (nSPS) is 29.7. The molecule has 1 aromatic carbocycles. The van der Waals surface area contributed by atoms with Crippen molar-refractivity contribution in [3.8, 4) is 0 Å². The summed E-state index contributed by atoms with van der Waals surface area (Å²) in [6.07, 6.45) is 2.71. The second-order valence-electron chi connectivity index (χ2n) is 6.91. The highest BCUT2D eigenvalue weighted by Gasteiger charge is 2.54. The third-order valence-corrected chi connectivity index (χ3v) is 6.80. The highest BCUT2D eigenvalue weighted by atomic mass is 32.2. The van der Waals surface area contributed by atoms with Crippen molar-refractivity contribution in [3.63, 3.8) is 0 Å². The zero-order valence-corrected chi connectivity index (χ0v) is 14.0. The van der Waals surface area contributed by atoms with Gasteiger partial charge >= 0.3 is 0 Å². The van der Waals surface area contributed by atoms with Gasteiger partial charge in [-0.2, -0.15) is 0 Å². The van der Waals surface area contributed by atoms with Crippen LogP contribution in [0.3, 0.4) is 0 Å². The molecule has 2 aliphatic rings. The van der Waals surface area contributed by atoms with E-state index in [-0.39, 0.29) is 22.3 Å². The molecular weight excluding hydrogens is 321 g/mol. The minimum atomic E-state index is -3.96. The second-order valence-corrected chi connectivity index (χ2v) is 8.88. The predicted molar refractivity (Wildman–Crippen MR) is 81.6 cm³/mol. The Morgan fingerprint density at radius 3 is 2.43 bits per heavy atom. The SMILES string of the molecule is CN(C(=O)CC12CCC(C)(C1)OC2)S(=O)(=O)c1ccc(F)cc1. The molecule has 2 bridgehead atoms. The Kier molecular flexibility index (Phi) is 3.76. The first-order chi connectivity index (χ1) is 10.7. The van der Waals surface area contributed by atoms with E-state index in [4.69, 9.17) is 4.74 Å². The van der Waals surface area contributed by atoms with Gasteiger partial charge in [0.15, 0.2) is 0 Å². The van der Waals surface area contributed by atoms with Crippen LogP contribution in [0.5, 0.6) is 0 Å². The molecule has 2 unspecified atom stereocenters. The lowest BCUT2D eigenvalue weighted by Crippen LogP contribution is -2.37. The van der Waals surface area contributed by atoms with Crippen LogP contribution in [0.4, 0.5) is 4.39 Å². The van der Waals surface area contributed by atoms with Crippen molar-refractivity contribution in [1.82, 2.24) is 4.31 Å². The first kappa shape index (κ1) is 16.4. The minimum Gasteiger partial charge on any atom is -0.375 e. The lowest BCUT2D eigenvalue weighted by atomic mass is 9.84. The van der Waals surface area contributed by atoms with E-state index in [9.17, 15) is 17.6 Å². The van der Waals surface area contributed by atoms with E-state index in [0.717, 1.165) is 47.8 Å². The quantitative estimate of drug-likeness (QED) is 0.843. The Balaban J connectivity index is 1.76. The van der Waals surface area contributed by atoms with E-state index in [1.807, 2.05) is 6.92 Å². The number of nitrogens with zero attached hydrogens (tertiary/aromatic N) is 1. The molecule has 3 rings (SSSR count). The zero-order chi connectivity index (χ0) is 16.9. The summed E-state index contributed by atoms with van der Waals surface area (Å²) >= 11 is 0. The Bertz CT molecular complexity index is 721. The summed E-state index contributed by atoms with van der Waals surface area (Å²) in [6.45, 7) is 2.53. The van der Waals surface area contributed by atoms with Crippen molar-refractivity contribution in [2.45, 2.75) is 43.1 Å². The lowest BCUT2D eigenvalue weighted by Gasteiger charge is -2.28. The molecule has 1 heterocycles. The maximum Gasteiger partial charge on any atom is 0.266 e. The number of ether oxygens (including phenoxy) is 1. The number of rotatable bonds is 4. The molecule has 1 aliphatic carbocycles. The Hall–Kier alpha value is -1.47. The monoisotopic (exact) mass is 341 g/mol. The highest BCUT2D eigenvalue weighted by molar-refractivity contribution is 7.89. The number of amides is 1. The van der Waals surface area contributed by atoms with Gasteiger partial charge in [0, 0.05) is 18.9 Å². The van der Waals surface area contributed by atoms with E-state index in [0.29, 0.717) is 6.61 Å². The molecule has 1 saturated carbocycles. The third-order valence-electron chi connectivity index (χ3n) is 5.01. The Morgan fingerprint density at radius 1 is 1.30 bits per heavy atom. The molecule has 1 saturated heterocycles. The maximum absolute atomic E-state index is 13.0. The predicted octanol–water partition coefficient (Wildman–Crippen LogP) is 2.32. The fraction of sp³-hybridized carbons (Fsp3) is 0.562. The van der Waals surface area contributed by atoms with Crippen LogP contribution >= 0.6 is 0 Å². The molecule has 1 aliphatic heterocycles. The molecule has 7 heteroatoms. The summed E-state index contributed by atoms with van der Waals surface area (Å²) in [5.41, 5.74) is -0.424. The molecule has 0 spiro atoms. The molecule has 126 valence electrons.